The third-order valence-corrected chi connectivity index (χ3v) is 3.05. The molecule has 1 rings (SSSR count). The van der Waals surface area contributed by atoms with E-state index < -0.39 is 9.84 Å². The van der Waals surface area contributed by atoms with E-state index in [1.807, 2.05) is 0 Å². The Morgan fingerprint density at radius 1 is 1.64 bits per heavy atom. The predicted molar refractivity (Wildman–Crippen MR) is 53.7 cm³/mol. The van der Waals surface area contributed by atoms with Gasteiger partial charge in [0.1, 0.15) is 0 Å². The Morgan fingerprint density at radius 2 is 2.29 bits per heavy atom. The Morgan fingerprint density at radius 3 is 2.79 bits per heavy atom. The van der Waals surface area contributed by atoms with Crippen LogP contribution in [0.25, 0.3) is 0 Å². The van der Waals surface area contributed by atoms with Crippen LogP contribution in [0.5, 0.6) is 5.88 Å². The van der Waals surface area contributed by atoms with Gasteiger partial charge in [-0.3, -0.25) is 0 Å². The molecule has 0 aromatic carbocycles. The number of hydrogen-bond donors (Lipinski definition) is 0. The molecule has 0 fully saturated rings. The third kappa shape index (κ3) is 2.10. The van der Waals surface area contributed by atoms with E-state index >= 15 is 0 Å². The van der Waals surface area contributed by atoms with Crippen LogP contribution >= 0.6 is 15.9 Å². The van der Waals surface area contributed by atoms with Gasteiger partial charge in [0.25, 0.3) is 5.16 Å². The van der Waals surface area contributed by atoms with Crippen molar-refractivity contribution in [3.05, 3.63) is 22.7 Å². The number of methoxy groups -OCH3 is 1. The summed E-state index contributed by atoms with van der Waals surface area (Å²) in [5, 5.41) is 0.461. The van der Waals surface area contributed by atoms with Gasteiger partial charge in [0.15, 0.2) is 0 Å². The quantitative estimate of drug-likeness (QED) is 0.777. The van der Waals surface area contributed by atoms with Gasteiger partial charge in [-0.2, -0.15) is 4.98 Å². The van der Waals surface area contributed by atoms with Gasteiger partial charge >= 0.3 is 0 Å². The molecule has 0 atom stereocenters. The summed E-state index contributed by atoms with van der Waals surface area (Å²) in [6.07, 6.45) is 1.31. The van der Waals surface area contributed by atoms with E-state index in [0.29, 0.717) is 4.47 Å². The predicted octanol–water partition coefficient (Wildman–Crippen LogP) is 1.16. The lowest BCUT2D eigenvalue weighted by atomic mass is 10.6. The van der Waals surface area contributed by atoms with Crippen LogP contribution in [0.4, 0.5) is 0 Å². The largest absolute Gasteiger partial charge is 0.480 e. The molecule has 14 heavy (non-hydrogen) atoms. The van der Waals surface area contributed by atoms with Crippen molar-refractivity contribution >= 4 is 25.8 Å². The number of halogens is 1. The van der Waals surface area contributed by atoms with Gasteiger partial charge in [0.05, 0.1) is 11.6 Å². The second-order valence-corrected chi connectivity index (χ2v) is 4.86. The molecule has 0 aliphatic heterocycles. The molecule has 0 aliphatic carbocycles. The summed E-state index contributed by atoms with van der Waals surface area (Å²) in [7, 11) is -2.22. The second-order valence-electron chi connectivity index (χ2n) is 2.22. The zero-order valence-electron chi connectivity index (χ0n) is 7.27. The average Bonchev–Trinajstić information content (AvgIpc) is 2.18. The number of sulfone groups is 1. The summed E-state index contributed by atoms with van der Waals surface area (Å²) in [5.74, 6) is 0.167. The molecule has 1 aromatic heterocycles. The average molecular weight is 279 g/mol. The zero-order valence-corrected chi connectivity index (χ0v) is 9.67. The molecule has 0 N–H and O–H groups in total. The smallest absolute Gasteiger partial charge is 0.254 e. The highest BCUT2D eigenvalue weighted by Crippen LogP contribution is 2.22. The van der Waals surface area contributed by atoms with Crippen LogP contribution in [0.1, 0.15) is 0 Å². The molecule has 0 saturated heterocycles. The molecule has 1 aromatic rings. The lowest BCUT2D eigenvalue weighted by molar-refractivity contribution is 0.388. The van der Waals surface area contributed by atoms with Crippen LogP contribution in [0.2, 0.25) is 0 Å². The van der Waals surface area contributed by atoms with E-state index in [9.17, 15) is 8.42 Å². The Hall–Kier alpha value is -0.950. The van der Waals surface area contributed by atoms with Crippen molar-refractivity contribution in [1.82, 2.24) is 9.97 Å². The molecule has 7 heteroatoms. The minimum Gasteiger partial charge on any atom is -0.480 e. The lowest BCUT2D eigenvalue weighted by Crippen LogP contribution is -2.04. The highest BCUT2D eigenvalue weighted by Gasteiger charge is 2.15. The summed E-state index contributed by atoms with van der Waals surface area (Å²) in [6.45, 7) is 3.17. The fourth-order valence-corrected chi connectivity index (χ4v) is 1.60. The highest BCUT2D eigenvalue weighted by atomic mass is 79.9. The fourth-order valence-electron chi connectivity index (χ4n) is 0.691. The molecule has 1 heterocycles. The Kier molecular flexibility index (Phi) is 3.22. The van der Waals surface area contributed by atoms with E-state index in [1.165, 1.54) is 13.3 Å². The second kappa shape index (κ2) is 4.05. The third-order valence-electron chi connectivity index (χ3n) is 1.36. The van der Waals surface area contributed by atoms with Crippen LogP contribution in [0, 0.1) is 0 Å². The van der Waals surface area contributed by atoms with Gasteiger partial charge < -0.3 is 4.74 Å². The summed E-state index contributed by atoms with van der Waals surface area (Å²) in [5.41, 5.74) is 0. The molecular formula is C7H7BrN2O3S. The van der Waals surface area contributed by atoms with Gasteiger partial charge in [0.2, 0.25) is 15.7 Å². The first-order chi connectivity index (χ1) is 6.51. The molecular weight excluding hydrogens is 272 g/mol. The van der Waals surface area contributed by atoms with Crippen molar-refractivity contribution in [2.24, 2.45) is 0 Å². The van der Waals surface area contributed by atoms with Gasteiger partial charge in [-0.15, -0.1) is 0 Å². The topological polar surface area (TPSA) is 69.2 Å². The molecule has 0 spiro atoms. The maximum Gasteiger partial charge on any atom is 0.254 e. The summed E-state index contributed by atoms with van der Waals surface area (Å²) < 4.78 is 27.9. The summed E-state index contributed by atoms with van der Waals surface area (Å²) in [6, 6.07) is 0. The number of hydrogen-bond acceptors (Lipinski definition) is 5. The van der Waals surface area contributed by atoms with Gasteiger partial charge in [-0.05, 0) is 15.9 Å². The van der Waals surface area contributed by atoms with Gasteiger partial charge in [0, 0.05) is 11.6 Å². The monoisotopic (exact) mass is 278 g/mol. The molecule has 0 radical (unpaired) electrons. The van der Waals surface area contributed by atoms with E-state index in [1.54, 1.807) is 0 Å². The Balaban J connectivity index is 3.33. The minimum absolute atomic E-state index is 0.167. The lowest BCUT2D eigenvalue weighted by Gasteiger charge is -2.02. The van der Waals surface area contributed by atoms with Crippen LogP contribution in [-0.4, -0.2) is 25.5 Å². The van der Waals surface area contributed by atoms with E-state index in [4.69, 9.17) is 4.74 Å². The van der Waals surface area contributed by atoms with Crippen LogP contribution in [0.15, 0.2) is 27.8 Å². The molecule has 0 aliphatic rings. The van der Waals surface area contributed by atoms with Crippen molar-refractivity contribution in [1.29, 1.82) is 0 Å². The first kappa shape index (κ1) is 11.1. The molecule has 76 valence electrons. The molecule has 0 bridgehead atoms. The fraction of sp³-hybridized carbons (Fsp3) is 0.143. The van der Waals surface area contributed by atoms with Crippen molar-refractivity contribution < 1.29 is 13.2 Å². The van der Waals surface area contributed by atoms with Gasteiger partial charge in [-0.25, -0.2) is 13.4 Å². The van der Waals surface area contributed by atoms with Crippen molar-refractivity contribution in [3.63, 3.8) is 0 Å². The van der Waals surface area contributed by atoms with E-state index in [0.717, 1.165) is 5.41 Å². The van der Waals surface area contributed by atoms with E-state index in [-0.39, 0.29) is 11.0 Å². The maximum atomic E-state index is 11.3. The van der Waals surface area contributed by atoms with Gasteiger partial charge in [-0.1, -0.05) is 6.58 Å². The molecule has 0 unspecified atom stereocenters. The van der Waals surface area contributed by atoms with Crippen LogP contribution < -0.4 is 4.74 Å². The number of aromatic nitrogens is 2. The molecule has 5 nitrogen and oxygen atoms in total. The summed E-state index contributed by atoms with van der Waals surface area (Å²) in [4.78, 5) is 7.33. The minimum atomic E-state index is -3.61. The van der Waals surface area contributed by atoms with E-state index in [2.05, 4.69) is 32.5 Å². The first-order valence-corrected chi connectivity index (χ1v) is 5.79. The standard InChI is InChI=1S/C7H7BrN2O3S/c1-3-14(11,12)7-9-4-5(8)6(10-7)13-2/h3-4H,1H2,2H3. The SMILES string of the molecule is C=CS(=O)(=O)c1ncc(Br)c(OC)n1. The molecule has 0 saturated carbocycles. The van der Waals surface area contributed by atoms with Crippen molar-refractivity contribution in [2.75, 3.05) is 7.11 Å². The Bertz CT molecular complexity index is 458. The highest BCUT2D eigenvalue weighted by molar-refractivity contribution is 9.10. The maximum absolute atomic E-state index is 11.3. The zero-order chi connectivity index (χ0) is 10.8. The number of rotatable bonds is 3. The normalized spacial score (nSPS) is 11.0. The Labute approximate surface area is 89.9 Å². The number of nitrogens with zero attached hydrogens (tertiary/aromatic N) is 2. The van der Waals surface area contributed by atoms with Crippen molar-refractivity contribution in [3.8, 4) is 5.88 Å². The van der Waals surface area contributed by atoms with Crippen LogP contribution in [0.3, 0.4) is 0 Å². The summed E-state index contributed by atoms with van der Waals surface area (Å²) >= 11 is 3.11. The van der Waals surface area contributed by atoms with Crippen LogP contribution in [-0.2, 0) is 9.84 Å². The van der Waals surface area contributed by atoms with Crippen molar-refractivity contribution in [2.45, 2.75) is 5.16 Å². The number of ether oxygens (including phenoxy) is 1. The molecule has 0 amide bonds. The first-order valence-electron chi connectivity index (χ1n) is 3.45.